The number of hydrogen-bond donors (Lipinski definition) is 2. The van der Waals surface area contributed by atoms with E-state index in [4.69, 9.17) is 5.41 Å². The molecular weight excluding hydrogens is 216 g/mol. The van der Waals surface area contributed by atoms with Gasteiger partial charge >= 0.3 is 0 Å². The molecule has 0 aliphatic rings. The van der Waals surface area contributed by atoms with Gasteiger partial charge in [-0.3, -0.25) is 9.59 Å². The van der Waals surface area contributed by atoms with Crippen molar-refractivity contribution in [3.63, 3.8) is 0 Å². The highest BCUT2D eigenvalue weighted by atomic mass is 16.2. The fourth-order valence-electron chi connectivity index (χ4n) is 1.57. The average Bonchev–Trinajstić information content (AvgIpc) is 2.24. The van der Waals surface area contributed by atoms with Gasteiger partial charge in [-0.05, 0) is 18.3 Å². The van der Waals surface area contributed by atoms with E-state index in [2.05, 4.69) is 19.2 Å². The van der Waals surface area contributed by atoms with Crippen molar-refractivity contribution in [2.75, 3.05) is 0 Å². The van der Waals surface area contributed by atoms with E-state index in [1.807, 2.05) is 13.8 Å². The first-order valence-electron chi connectivity index (χ1n) is 6.22. The van der Waals surface area contributed by atoms with Crippen molar-refractivity contribution in [2.24, 2.45) is 11.8 Å². The van der Waals surface area contributed by atoms with Gasteiger partial charge in [0.2, 0.25) is 5.91 Å². The molecule has 0 aromatic carbocycles. The maximum atomic E-state index is 11.6. The Bertz CT molecular complexity index is 273. The highest BCUT2D eigenvalue weighted by Crippen LogP contribution is 2.07. The molecule has 1 amide bonds. The Morgan fingerprint density at radius 2 is 1.82 bits per heavy atom. The van der Waals surface area contributed by atoms with Gasteiger partial charge < -0.3 is 10.7 Å². The van der Waals surface area contributed by atoms with Crippen LogP contribution in [0, 0.1) is 17.2 Å². The Hall–Kier alpha value is -1.19. The molecule has 0 aliphatic carbocycles. The van der Waals surface area contributed by atoms with E-state index in [9.17, 15) is 9.59 Å². The number of amides is 1. The lowest BCUT2D eigenvalue weighted by Crippen LogP contribution is -2.44. The van der Waals surface area contributed by atoms with Crippen molar-refractivity contribution >= 4 is 17.9 Å². The van der Waals surface area contributed by atoms with Crippen LogP contribution >= 0.6 is 0 Å². The Morgan fingerprint density at radius 1 is 1.24 bits per heavy atom. The molecule has 98 valence electrons. The summed E-state index contributed by atoms with van der Waals surface area (Å²) in [6.45, 7) is 7.96. The van der Waals surface area contributed by atoms with Crippen LogP contribution in [0.2, 0.25) is 0 Å². The van der Waals surface area contributed by atoms with Gasteiger partial charge in [0.15, 0.2) is 5.78 Å². The minimum absolute atomic E-state index is 0.0122. The molecule has 17 heavy (non-hydrogen) atoms. The molecule has 4 nitrogen and oxygen atoms in total. The Kier molecular flexibility index (Phi) is 7.42. The summed E-state index contributed by atoms with van der Waals surface area (Å²) >= 11 is 0. The zero-order chi connectivity index (χ0) is 13.4. The predicted molar refractivity (Wildman–Crippen MR) is 69.2 cm³/mol. The minimum Gasteiger partial charge on any atom is -0.346 e. The highest BCUT2D eigenvalue weighted by molar-refractivity contribution is 6.29. The van der Waals surface area contributed by atoms with Crippen LogP contribution in [0.3, 0.4) is 0 Å². The summed E-state index contributed by atoms with van der Waals surface area (Å²) in [4.78, 5) is 23.0. The molecule has 0 aromatic rings. The molecule has 0 saturated heterocycles. The fourth-order valence-corrected chi connectivity index (χ4v) is 1.57. The highest BCUT2D eigenvalue weighted by Gasteiger charge is 2.21. The van der Waals surface area contributed by atoms with Crippen molar-refractivity contribution in [1.82, 2.24) is 5.32 Å². The minimum atomic E-state index is -0.556. The SMILES string of the molecule is CC(C)CCCC(=O)N[C@@H](C(=O)C=N)C(C)C. The largest absolute Gasteiger partial charge is 0.346 e. The van der Waals surface area contributed by atoms with Crippen molar-refractivity contribution < 1.29 is 9.59 Å². The smallest absolute Gasteiger partial charge is 0.220 e. The van der Waals surface area contributed by atoms with Crippen LogP contribution in [0.4, 0.5) is 0 Å². The number of rotatable bonds is 8. The predicted octanol–water partition coefficient (Wildman–Crippen LogP) is 2.17. The van der Waals surface area contributed by atoms with Crippen LogP contribution in [0.15, 0.2) is 0 Å². The van der Waals surface area contributed by atoms with E-state index < -0.39 is 6.04 Å². The summed E-state index contributed by atoms with van der Waals surface area (Å²) in [6, 6.07) is -0.556. The molecule has 0 bridgehead atoms. The lowest BCUT2D eigenvalue weighted by Gasteiger charge is -2.19. The van der Waals surface area contributed by atoms with Gasteiger partial charge in [0.05, 0.1) is 12.3 Å². The Labute approximate surface area is 104 Å². The first kappa shape index (κ1) is 15.8. The summed E-state index contributed by atoms with van der Waals surface area (Å²) in [5.41, 5.74) is 0. The molecule has 4 heteroatoms. The van der Waals surface area contributed by atoms with Gasteiger partial charge in [0.25, 0.3) is 0 Å². The van der Waals surface area contributed by atoms with Gasteiger partial charge in [-0.1, -0.05) is 34.1 Å². The summed E-state index contributed by atoms with van der Waals surface area (Å²) in [5.74, 6) is 0.168. The molecular formula is C13H24N2O2. The standard InChI is InChI=1S/C13H24N2O2/c1-9(2)6-5-7-12(17)15-13(10(3)4)11(16)8-14/h8-10,13-14H,5-7H2,1-4H3,(H,15,17)/t13-/m1/s1. The van der Waals surface area contributed by atoms with Gasteiger partial charge in [-0.2, -0.15) is 0 Å². The number of Topliss-reactive ketones (excluding diaryl/α,β-unsaturated/α-hetero) is 1. The second kappa shape index (κ2) is 7.98. The monoisotopic (exact) mass is 240 g/mol. The summed E-state index contributed by atoms with van der Waals surface area (Å²) < 4.78 is 0. The van der Waals surface area contributed by atoms with E-state index in [1.54, 1.807) is 0 Å². The molecule has 0 radical (unpaired) electrons. The normalized spacial score (nSPS) is 12.6. The molecule has 0 spiro atoms. The molecule has 0 aromatic heterocycles. The average molecular weight is 240 g/mol. The van der Waals surface area contributed by atoms with Gasteiger partial charge in [0.1, 0.15) is 0 Å². The van der Waals surface area contributed by atoms with E-state index in [1.165, 1.54) is 0 Å². The summed E-state index contributed by atoms with van der Waals surface area (Å²) in [7, 11) is 0. The third-order valence-corrected chi connectivity index (χ3v) is 2.62. The fraction of sp³-hybridized carbons (Fsp3) is 0.769. The molecule has 1 atom stereocenters. The van der Waals surface area contributed by atoms with E-state index in [0.717, 1.165) is 19.1 Å². The Morgan fingerprint density at radius 3 is 2.24 bits per heavy atom. The third-order valence-electron chi connectivity index (χ3n) is 2.62. The van der Waals surface area contributed by atoms with Gasteiger partial charge in [-0.25, -0.2) is 0 Å². The van der Waals surface area contributed by atoms with Crippen molar-refractivity contribution in [3.05, 3.63) is 0 Å². The molecule has 0 unspecified atom stereocenters. The first-order valence-corrected chi connectivity index (χ1v) is 6.22. The molecule has 0 saturated carbocycles. The van der Waals surface area contributed by atoms with Gasteiger partial charge in [-0.15, -0.1) is 0 Å². The quantitative estimate of drug-likeness (QED) is 0.638. The van der Waals surface area contributed by atoms with Gasteiger partial charge in [0, 0.05) is 6.42 Å². The maximum Gasteiger partial charge on any atom is 0.220 e. The zero-order valence-corrected chi connectivity index (χ0v) is 11.2. The van der Waals surface area contributed by atoms with Crippen LogP contribution in [0.1, 0.15) is 47.0 Å². The number of carbonyl (C=O) groups excluding carboxylic acids is 2. The van der Waals surface area contributed by atoms with Crippen LogP contribution in [-0.2, 0) is 9.59 Å². The van der Waals surface area contributed by atoms with Crippen molar-refractivity contribution in [3.8, 4) is 0 Å². The van der Waals surface area contributed by atoms with Crippen molar-refractivity contribution in [2.45, 2.75) is 53.0 Å². The van der Waals surface area contributed by atoms with E-state index in [0.29, 0.717) is 12.3 Å². The second-order valence-electron chi connectivity index (χ2n) is 5.12. The lowest BCUT2D eigenvalue weighted by molar-refractivity contribution is -0.126. The lowest BCUT2D eigenvalue weighted by atomic mass is 9.99. The third kappa shape index (κ3) is 6.87. The molecule has 2 N–H and O–H groups in total. The number of ketones is 1. The van der Waals surface area contributed by atoms with Crippen LogP contribution in [0.5, 0.6) is 0 Å². The maximum absolute atomic E-state index is 11.6. The van der Waals surface area contributed by atoms with Crippen molar-refractivity contribution in [1.29, 1.82) is 5.41 Å². The topological polar surface area (TPSA) is 70.0 Å². The number of carbonyl (C=O) groups is 2. The van der Waals surface area contributed by atoms with Crippen LogP contribution in [0.25, 0.3) is 0 Å². The molecule has 0 heterocycles. The first-order chi connectivity index (χ1) is 7.88. The second-order valence-corrected chi connectivity index (χ2v) is 5.12. The Balaban J connectivity index is 4.13. The molecule has 0 rings (SSSR count). The number of nitrogens with one attached hydrogen (secondary N) is 2. The molecule has 0 aliphatic heterocycles. The van der Waals surface area contributed by atoms with Crippen LogP contribution < -0.4 is 5.32 Å². The zero-order valence-electron chi connectivity index (χ0n) is 11.2. The van der Waals surface area contributed by atoms with Crippen LogP contribution in [-0.4, -0.2) is 23.9 Å². The summed E-state index contributed by atoms with van der Waals surface area (Å²) in [5, 5.41) is 9.65. The molecule has 0 fully saturated rings. The van der Waals surface area contributed by atoms with E-state index >= 15 is 0 Å². The summed E-state index contributed by atoms with van der Waals surface area (Å²) in [6.07, 6.45) is 3.08. The number of hydrogen-bond acceptors (Lipinski definition) is 3. The van der Waals surface area contributed by atoms with E-state index in [-0.39, 0.29) is 17.6 Å².